The first-order valence-corrected chi connectivity index (χ1v) is 5.46. The van der Waals surface area contributed by atoms with Gasteiger partial charge in [0.2, 0.25) is 0 Å². The Morgan fingerprint density at radius 3 is 2.80 bits per heavy atom. The summed E-state index contributed by atoms with van der Waals surface area (Å²) in [6.07, 6.45) is 3.93. The van der Waals surface area contributed by atoms with E-state index in [1.54, 1.807) is 13.0 Å². The second-order valence-corrected chi connectivity index (χ2v) is 4.37. The summed E-state index contributed by atoms with van der Waals surface area (Å²) >= 11 is 0. The fraction of sp³-hybridized carbons (Fsp3) is 0.500. The topological polar surface area (TPSA) is 38.0 Å². The lowest BCUT2D eigenvalue weighted by Gasteiger charge is -2.26. The molecule has 0 heterocycles. The number of hydrogen-bond donors (Lipinski definition) is 2. The Balaban J connectivity index is 2.03. The zero-order valence-electron chi connectivity index (χ0n) is 9.02. The van der Waals surface area contributed by atoms with Gasteiger partial charge in [-0.25, -0.2) is 4.39 Å². The van der Waals surface area contributed by atoms with Crippen LogP contribution in [0.4, 0.5) is 15.8 Å². The molecule has 2 rings (SSSR count). The van der Waals surface area contributed by atoms with Gasteiger partial charge in [0.25, 0.3) is 0 Å². The number of nitrogens with two attached hydrogens (primary N) is 1. The van der Waals surface area contributed by atoms with E-state index < -0.39 is 0 Å². The highest BCUT2D eigenvalue weighted by atomic mass is 19.1. The zero-order chi connectivity index (χ0) is 10.8. The maximum absolute atomic E-state index is 13.1. The molecule has 3 heteroatoms. The van der Waals surface area contributed by atoms with Crippen molar-refractivity contribution in [3.05, 3.63) is 23.5 Å². The van der Waals surface area contributed by atoms with Gasteiger partial charge < -0.3 is 11.1 Å². The predicted octanol–water partition coefficient (Wildman–Crippen LogP) is 2.93. The number of hydrogen-bond acceptors (Lipinski definition) is 2. The molecule has 82 valence electrons. The van der Waals surface area contributed by atoms with Gasteiger partial charge in [0.05, 0.1) is 11.4 Å². The standard InChI is InChI=1S/C12H17FN2/c1-8-5-12(11(14)6-10(8)13)15-7-9-3-2-4-9/h5-6,9,15H,2-4,7,14H2,1H3. The third-order valence-corrected chi connectivity index (χ3v) is 3.14. The number of aryl methyl sites for hydroxylation is 1. The fourth-order valence-corrected chi connectivity index (χ4v) is 1.80. The van der Waals surface area contributed by atoms with Crippen LogP contribution in [0.5, 0.6) is 0 Å². The van der Waals surface area contributed by atoms with E-state index in [0.717, 1.165) is 18.2 Å². The molecule has 0 atom stereocenters. The molecular weight excluding hydrogens is 191 g/mol. The van der Waals surface area contributed by atoms with Crippen molar-refractivity contribution in [2.24, 2.45) is 5.92 Å². The van der Waals surface area contributed by atoms with Gasteiger partial charge in [0, 0.05) is 6.54 Å². The van der Waals surface area contributed by atoms with Gasteiger partial charge in [-0.05, 0) is 43.4 Å². The summed E-state index contributed by atoms with van der Waals surface area (Å²) in [5.74, 6) is 0.538. The average Bonchev–Trinajstić information content (AvgIpc) is 2.11. The molecule has 1 aromatic rings. The maximum Gasteiger partial charge on any atom is 0.128 e. The van der Waals surface area contributed by atoms with E-state index in [2.05, 4.69) is 5.32 Å². The van der Waals surface area contributed by atoms with Crippen LogP contribution in [0.15, 0.2) is 12.1 Å². The van der Waals surface area contributed by atoms with Gasteiger partial charge in [-0.2, -0.15) is 0 Å². The van der Waals surface area contributed by atoms with E-state index in [0.29, 0.717) is 11.3 Å². The van der Waals surface area contributed by atoms with Crippen LogP contribution in [0.1, 0.15) is 24.8 Å². The zero-order valence-corrected chi connectivity index (χ0v) is 9.02. The Morgan fingerprint density at radius 1 is 1.47 bits per heavy atom. The molecule has 1 aliphatic carbocycles. The molecule has 0 amide bonds. The van der Waals surface area contributed by atoms with E-state index in [1.165, 1.54) is 25.3 Å². The first kappa shape index (κ1) is 10.3. The molecule has 0 aromatic heterocycles. The molecule has 15 heavy (non-hydrogen) atoms. The average molecular weight is 208 g/mol. The molecule has 0 unspecified atom stereocenters. The van der Waals surface area contributed by atoms with E-state index in [9.17, 15) is 4.39 Å². The molecule has 1 fully saturated rings. The second-order valence-electron chi connectivity index (χ2n) is 4.37. The Morgan fingerprint density at radius 2 is 2.20 bits per heavy atom. The van der Waals surface area contributed by atoms with Gasteiger partial charge in [-0.3, -0.25) is 0 Å². The largest absolute Gasteiger partial charge is 0.397 e. The van der Waals surface area contributed by atoms with Crippen molar-refractivity contribution in [3.63, 3.8) is 0 Å². The molecule has 2 nitrogen and oxygen atoms in total. The number of halogens is 1. The first-order valence-electron chi connectivity index (χ1n) is 5.46. The van der Waals surface area contributed by atoms with Crippen LogP contribution in [0.3, 0.4) is 0 Å². The summed E-state index contributed by atoms with van der Waals surface area (Å²) in [6, 6.07) is 3.17. The molecule has 0 radical (unpaired) electrons. The lowest BCUT2D eigenvalue weighted by atomic mass is 9.85. The highest BCUT2D eigenvalue weighted by Gasteiger charge is 2.17. The van der Waals surface area contributed by atoms with Crippen molar-refractivity contribution < 1.29 is 4.39 Å². The van der Waals surface area contributed by atoms with Crippen LogP contribution in [0.25, 0.3) is 0 Å². The minimum absolute atomic E-state index is 0.235. The number of nitrogens with one attached hydrogen (secondary N) is 1. The van der Waals surface area contributed by atoms with E-state index >= 15 is 0 Å². The van der Waals surface area contributed by atoms with Crippen LogP contribution in [-0.4, -0.2) is 6.54 Å². The van der Waals surface area contributed by atoms with Crippen molar-refractivity contribution >= 4 is 11.4 Å². The highest BCUT2D eigenvalue weighted by molar-refractivity contribution is 5.67. The summed E-state index contributed by atoms with van der Waals surface area (Å²) in [7, 11) is 0. The summed E-state index contributed by atoms with van der Waals surface area (Å²) in [4.78, 5) is 0. The van der Waals surface area contributed by atoms with Gasteiger partial charge >= 0.3 is 0 Å². The number of anilines is 2. The van der Waals surface area contributed by atoms with Crippen molar-refractivity contribution in [2.75, 3.05) is 17.6 Å². The Labute approximate surface area is 89.7 Å². The van der Waals surface area contributed by atoms with Crippen LogP contribution < -0.4 is 11.1 Å². The van der Waals surface area contributed by atoms with E-state index in [-0.39, 0.29) is 5.82 Å². The highest BCUT2D eigenvalue weighted by Crippen LogP contribution is 2.28. The van der Waals surface area contributed by atoms with Gasteiger partial charge in [0.15, 0.2) is 0 Å². The van der Waals surface area contributed by atoms with Crippen LogP contribution >= 0.6 is 0 Å². The van der Waals surface area contributed by atoms with Gasteiger partial charge in [-0.1, -0.05) is 6.42 Å². The van der Waals surface area contributed by atoms with Gasteiger partial charge in [0.1, 0.15) is 5.82 Å². The minimum atomic E-state index is -0.235. The molecule has 3 N–H and O–H groups in total. The summed E-state index contributed by atoms with van der Waals surface area (Å²) in [6.45, 7) is 2.71. The Hall–Kier alpha value is -1.25. The van der Waals surface area contributed by atoms with Crippen LogP contribution in [0, 0.1) is 18.7 Å². The summed E-state index contributed by atoms with van der Waals surface area (Å²) < 4.78 is 13.1. The molecular formula is C12H17FN2. The van der Waals surface area contributed by atoms with Gasteiger partial charge in [-0.15, -0.1) is 0 Å². The molecule has 0 aliphatic heterocycles. The lowest BCUT2D eigenvalue weighted by Crippen LogP contribution is -2.21. The third-order valence-electron chi connectivity index (χ3n) is 3.14. The van der Waals surface area contributed by atoms with Crippen molar-refractivity contribution in [3.8, 4) is 0 Å². The van der Waals surface area contributed by atoms with Crippen LogP contribution in [0.2, 0.25) is 0 Å². The predicted molar refractivity (Wildman–Crippen MR) is 61.4 cm³/mol. The van der Waals surface area contributed by atoms with Crippen molar-refractivity contribution in [2.45, 2.75) is 26.2 Å². The Kier molecular flexibility index (Phi) is 2.80. The summed E-state index contributed by atoms with van der Waals surface area (Å²) in [5, 5.41) is 3.29. The number of rotatable bonds is 3. The smallest absolute Gasteiger partial charge is 0.128 e. The molecule has 1 saturated carbocycles. The first-order chi connectivity index (χ1) is 7.16. The third kappa shape index (κ3) is 2.22. The fourth-order valence-electron chi connectivity index (χ4n) is 1.80. The molecule has 1 aliphatic rings. The lowest BCUT2D eigenvalue weighted by molar-refractivity contribution is 0.333. The molecule has 1 aromatic carbocycles. The number of benzene rings is 1. The van der Waals surface area contributed by atoms with E-state index in [1.807, 2.05) is 0 Å². The van der Waals surface area contributed by atoms with Crippen LogP contribution in [-0.2, 0) is 0 Å². The second kappa shape index (κ2) is 4.09. The molecule has 0 bridgehead atoms. The normalized spacial score (nSPS) is 16.1. The SMILES string of the molecule is Cc1cc(NCC2CCC2)c(N)cc1F. The van der Waals surface area contributed by atoms with Crippen molar-refractivity contribution in [1.82, 2.24) is 0 Å². The quantitative estimate of drug-likeness (QED) is 0.749. The number of nitrogen functional groups attached to an aromatic ring is 1. The maximum atomic E-state index is 13.1. The monoisotopic (exact) mass is 208 g/mol. The van der Waals surface area contributed by atoms with Crippen molar-refractivity contribution in [1.29, 1.82) is 0 Å². The minimum Gasteiger partial charge on any atom is -0.397 e. The summed E-state index contributed by atoms with van der Waals surface area (Å²) in [5.41, 5.74) is 7.73. The van der Waals surface area contributed by atoms with E-state index in [4.69, 9.17) is 5.73 Å². The molecule has 0 saturated heterocycles. The Bertz CT molecular complexity index is 359. The molecule has 0 spiro atoms.